The summed E-state index contributed by atoms with van der Waals surface area (Å²) in [5, 5.41) is 19.5. The number of aliphatic hydroxyl groups is 1. The summed E-state index contributed by atoms with van der Waals surface area (Å²) in [4.78, 5) is 20.5. The molecule has 7 heteroatoms. The molecular formula is C25H35ClFNO4. The zero-order chi connectivity index (χ0) is 24.7. The van der Waals surface area contributed by atoms with Gasteiger partial charge >= 0.3 is 5.97 Å². The topological polar surface area (TPSA) is 86.6 Å². The molecule has 0 bridgehead atoms. The molecule has 2 rings (SSSR count). The van der Waals surface area contributed by atoms with Crippen LogP contribution in [0.15, 0.2) is 70.3 Å². The number of rotatable bonds is 6. The first-order valence-corrected chi connectivity index (χ1v) is 10.9. The molecule has 0 saturated carbocycles. The number of carboxylic acids is 1. The summed E-state index contributed by atoms with van der Waals surface area (Å²) in [6, 6.07) is 0. The molecule has 2 aliphatic carbocycles. The Morgan fingerprint density at radius 2 is 1.97 bits per heavy atom. The van der Waals surface area contributed by atoms with E-state index in [0.717, 1.165) is 36.1 Å². The van der Waals surface area contributed by atoms with Crippen molar-refractivity contribution < 1.29 is 24.2 Å². The zero-order valence-corrected chi connectivity index (χ0v) is 20.2. The highest BCUT2D eigenvalue weighted by molar-refractivity contribution is 6.23. The van der Waals surface area contributed by atoms with Crippen LogP contribution in [-0.4, -0.2) is 34.6 Å². The van der Waals surface area contributed by atoms with Gasteiger partial charge in [-0.05, 0) is 69.8 Å². The van der Waals surface area contributed by atoms with Crippen LogP contribution in [0.3, 0.4) is 0 Å². The number of amides is 1. The molecule has 2 aliphatic rings. The van der Waals surface area contributed by atoms with Gasteiger partial charge in [0.05, 0.1) is 12.0 Å². The summed E-state index contributed by atoms with van der Waals surface area (Å²) in [6.07, 6.45) is 13.9. The van der Waals surface area contributed by atoms with Gasteiger partial charge in [0.15, 0.2) is 0 Å². The van der Waals surface area contributed by atoms with Crippen molar-refractivity contribution >= 4 is 24.0 Å². The van der Waals surface area contributed by atoms with E-state index in [-0.39, 0.29) is 17.8 Å². The molecule has 3 N–H and O–H groups in total. The van der Waals surface area contributed by atoms with Crippen LogP contribution in [0.5, 0.6) is 0 Å². The molecule has 0 fully saturated rings. The molecule has 0 saturated heterocycles. The van der Waals surface area contributed by atoms with E-state index in [0.29, 0.717) is 23.5 Å². The van der Waals surface area contributed by atoms with Crippen LogP contribution in [0.4, 0.5) is 4.39 Å². The van der Waals surface area contributed by atoms with E-state index in [1.807, 2.05) is 45.9 Å². The zero-order valence-electron chi connectivity index (χ0n) is 19.5. The first-order chi connectivity index (χ1) is 15.0. The van der Waals surface area contributed by atoms with Crippen LogP contribution in [0.1, 0.15) is 53.9 Å². The van der Waals surface area contributed by atoms with E-state index in [9.17, 15) is 14.0 Å². The highest BCUT2D eigenvalue weighted by atomic mass is 35.5. The Bertz CT molecular complexity index is 820. The van der Waals surface area contributed by atoms with E-state index >= 15 is 0 Å². The maximum absolute atomic E-state index is 12.8. The van der Waals surface area contributed by atoms with Crippen LogP contribution >= 0.6 is 11.6 Å². The maximum atomic E-state index is 12.8. The Kier molecular flexibility index (Phi) is 15.0. The lowest BCUT2D eigenvalue weighted by Crippen LogP contribution is -2.07. The van der Waals surface area contributed by atoms with Gasteiger partial charge in [0, 0.05) is 11.3 Å². The fraction of sp³-hybridized carbons (Fsp3) is 0.440. The van der Waals surface area contributed by atoms with Crippen LogP contribution in [0.25, 0.3) is 0 Å². The number of nitrogens with one attached hydrogen (secondary N) is 1. The number of aliphatic carboxylic acids is 1. The van der Waals surface area contributed by atoms with Crippen LogP contribution in [0.2, 0.25) is 0 Å². The highest BCUT2D eigenvalue weighted by Gasteiger charge is 2.16. The third kappa shape index (κ3) is 12.4. The third-order valence-corrected chi connectivity index (χ3v) is 5.15. The Morgan fingerprint density at radius 1 is 1.31 bits per heavy atom. The van der Waals surface area contributed by atoms with Crippen molar-refractivity contribution in [1.82, 2.24) is 5.32 Å². The molecule has 1 amide bonds. The van der Waals surface area contributed by atoms with Gasteiger partial charge in [-0.2, -0.15) is 0 Å². The Labute approximate surface area is 195 Å². The normalized spacial score (nSPS) is 18.6. The van der Waals surface area contributed by atoms with Gasteiger partial charge in [0.2, 0.25) is 6.41 Å². The molecule has 178 valence electrons. The van der Waals surface area contributed by atoms with E-state index < -0.39 is 5.97 Å². The molecule has 0 aromatic rings. The summed E-state index contributed by atoms with van der Waals surface area (Å²) in [5.74, 6) is -0.724. The third-order valence-electron chi connectivity index (χ3n) is 4.66. The average molecular weight is 468 g/mol. The molecule has 0 aromatic carbocycles. The minimum absolute atomic E-state index is 0.0767. The van der Waals surface area contributed by atoms with E-state index in [1.165, 1.54) is 6.08 Å². The predicted molar refractivity (Wildman–Crippen MR) is 129 cm³/mol. The summed E-state index contributed by atoms with van der Waals surface area (Å²) in [7, 11) is 0. The van der Waals surface area contributed by atoms with E-state index in [2.05, 4.69) is 5.32 Å². The lowest BCUT2D eigenvalue weighted by molar-refractivity contribution is -0.132. The number of allylic oxidation sites excluding steroid dienone is 9. The molecule has 0 aliphatic heterocycles. The molecular weight excluding hydrogens is 433 g/mol. The number of carbonyl (C=O) groups is 2. The predicted octanol–water partition coefficient (Wildman–Crippen LogP) is 5.75. The van der Waals surface area contributed by atoms with Crippen molar-refractivity contribution in [3.05, 3.63) is 70.3 Å². The second kappa shape index (κ2) is 16.2. The monoisotopic (exact) mass is 467 g/mol. The standard InChI is InChI=1S/C9H10ClNO.C9H15FO.C7H10O2/c1-7-2-3-8(11-6-12)4-5-9(7)10;1-7(2)4-5-9(10)8(3)6-11;1-5-3-2-4-6(5)7(8)9/h2-6,9H,1H3,(H,11,12);4-5,7,11H,6H2,1-3H3;2-4H2,1H3,(H,8,9)/b;5-4-,9-8-;. The van der Waals surface area contributed by atoms with Gasteiger partial charge in [-0.3, -0.25) is 4.79 Å². The summed E-state index contributed by atoms with van der Waals surface area (Å²) >= 11 is 5.93. The first kappa shape index (κ1) is 29.6. The second-order valence-corrected chi connectivity index (χ2v) is 8.33. The summed E-state index contributed by atoms with van der Waals surface area (Å²) in [6.45, 7) is 9.14. The number of carbonyl (C=O) groups excluding carboxylic acids is 1. The fourth-order valence-electron chi connectivity index (χ4n) is 2.55. The van der Waals surface area contributed by atoms with Crippen molar-refractivity contribution in [1.29, 1.82) is 0 Å². The Balaban J connectivity index is 0.000000455. The summed E-state index contributed by atoms with van der Waals surface area (Å²) < 4.78 is 12.8. The largest absolute Gasteiger partial charge is 0.478 e. The SMILES string of the molecule is C/C(CO)=C(F)\C=C/C(C)C.CC1=C(C(=O)O)CCC1.CC1=CC=C(NC=O)C=CC1Cl. The number of alkyl halides is 1. The molecule has 1 unspecified atom stereocenters. The quantitative estimate of drug-likeness (QED) is 0.264. The minimum atomic E-state index is -0.731. The fourth-order valence-corrected chi connectivity index (χ4v) is 2.70. The average Bonchev–Trinajstić information content (AvgIpc) is 3.13. The van der Waals surface area contributed by atoms with Gasteiger partial charge < -0.3 is 15.5 Å². The number of hydrogen-bond donors (Lipinski definition) is 3. The van der Waals surface area contributed by atoms with Crippen LogP contribution < -0.4 is 5.32 Å². The molecule has 32 heavy (non-hydrogen) atoms. The second-order valence-electron chi connectivity index (χ2n) is 7.86. The number of carboxylic acid groups (broad SMARTS) is 1. The number of aliphatic hydroxyl groups excluding tert-OH is 1. The van der Waals surface area contributed by atoms with E-state index in [4.69, 9.17) is 21.8 Å². The van der Waals surface area contributed by atoms with Gasteiger partial charge in [-0.25, -0.2) is 9.18 Å². The van der Waals surface area contributed by atoms with Crippen molar-refractivity contribution in [2.24, 2.45) is 5.92 Å². The Hall–Kier alpha value is -2.44. The van der Waals surface area contributed by atoms with E-state index in [1.54, 1.807) is 19.1 Å². The maximum Gasteiger partial charge on any atom is 0.331 e. The van der Waals surface area contributed by atoms with Gasteiger partial charge in [-0.15, -0.1) is 11.6 Å². The molecule has 0 radical (unpaired) electrons. The van der Waals surface area contributed by atoms with Gasteiger partial charge in [0.1, 0.15) is 5.83 Å². The molecule has 0 aromatic heterocycles. The molecule has 1 atom stereocenters. The molecule has 0 spiro atoms. The lowest BCUT2D eigenvalue weighted by Gasteiger charge is -1.99. The first-order valence-electron chi connectivity index (χ1n) is 10.5. The van der Waals surface area contributed by atoms with Crippen molar-refractivity contribution in [3.63, 3.8) is 0 Å². The van der Waals surface area contributed by atoms with Gasteiger partial charge in [-0.1, -0.05) is 43.2 Å². The minimum Gasteiger partial charge on any atom is -0.478 e. The van der Waals surface area contributed by atoms with Crippen LogP contribution in [0, 0.1) is 5.92 Å². The summed E-state index contributed by atoms with van der Waals surface area (Å²) in [5.41, 5.74) is 3.89. The smallest absolute Gasteiger partial charge is 0.331 e. The highest BCUT2D eigenvalue weighted by Crippen LogP contribution is 2.24. The van der Waals surface area contributed by atoms with Crippen LogP contribution in [-0.2, 0) is 9.59 Å². The van der Waals surface area contributed by atoms with Gasteiger partial charge in [0.25, 0.3) is 0 Å². The Morgan fingerprint density at radius 3 is 2.41 bits per heavy atom. The molecule has 0 heterocycles. The number of halogens is 2. The van der Waals surface area contributed by atoms with Crippen molar-refractivity contribution in [3.8, 4) is 0 Å². The number of hydrogen-bond acceptors (Lipinski definition) is 3. The van der Waals surface area contributed by atoms with Crippen molar-refractivity contribution in [2.75, 3.05) is 6.61 Å². The lowest BCUT2D eigenvalue weighted by atomic mass is 10.2. The molecule has 5 nitrogen and oxygen atoms in total. The van der Waals surface area contributed by atoms with Crippen molar-refractivity contribution in [2.45, 2.75) is 59.3 Å².